The van der Waals surface area contributed by atoms with Gasteiger partial charge in [0.05, 0.1) is 6.20 Å². The number of aromatic nitrogens is 2. The Bertz CT molecular complexity index is 716. The van der Waals surface area contributed by atoms with E-state index in [0.29, 0.717) is 17.1 Å². The summed E-state index contributed by atoms with van der Waals surface area (Å²) in [6.07, 6.45) is 5.12. The quantitative estimate of drug-likeness (QED) is 0.640. The molecule has 0 radical (unpaired) electrons. The maximum absolute atomic E-state index is 12.2. The highest BCUT2D eigenvalue weighted by atomic mass is 16.7. The van der Waals surface area contributed by atoms with Gasteiger partial charge in [-0.1, -0.05) is 0 Å². The molecule has 1 aromatic carbocycles. The van der Waals surface area contributed by atoms with Crippen LogP contribution in [0.15, 0.2) is 30.5 Å². The van der Waals surface area contributed by atoms with Crippen molar-refractivity contribution in [2.24, 2.45) is 0 Å². The van der Waals surface area contributed by atoms with E-state index < -0.39 is 0 Å². The average Bonchev–Trinajstić information content (AvgIpc) is 3.10. The van der Waals surface area contributed by atoms with E-state index in [0.717, 1.165) is 17.8 Å². The van der Waals surface area contributed by atoms with E-state index in [2.05, 4.69) is 5.10 Å². The third kappa shape index (κ3) is 2.54. The summed E-state index contributed by atoms with van der Waals surface area (Å²) in [6, 6.07) is 5.20. The molecule has 0 amide bonds. The summed E-state index contributed by atoms with van der Waals surface area (Å²) in [5.41, 5.74) is 2.58. The van der Waals surface area contributed by atoms with Gasteiger partial charge in [-0.3, -0.25) is 9.48 Å². The number of hydrogen-bond acceptors (Lipinski definition) is 4. The van der Waals surface area contributed by atoms with Crippen molar-refractivity contribution in [2.45, 2.75) is 20.4 Å². The van der Waals surface area contributed by atoms with Crippen molar-refractivity contribution in [1.29, 1.82) is 0 Å². The second-order valence-corrected chi connectivity index (χ2v) is 4.77. The molecular weight excluding hydrogens is 268 g/mol. The Hall–Kier alpha value is -2.56. The number of nitrogens with zero attached hydrogens (tertiary/aromatic N) is 2. The van der Waals surface area contributed by atoms with E-state index in [-0.39, 0.29) is 12.6 Å². The molecule has 1 aliphatic rings. The maximum atomic E-state index is 12.2. The summed E-state index contributed by atoms with van der Waals surface area (Å²) < 4.78 is 12.4. The lowest BCUT2D eigenvalue weighted by atomic mass is 10.1. The van der Waals surface area contributed by atoms with Gasteiger partial charge in [0.1, 0.15) is 0 Å². The molecule has 0 bridgehead atoms. The van der Waals surface area contributed by atoms with Gasteiger partial charge >= 0.3 is 0 Å². The van der Waals surface area contributed by atoms with E-state index >= 15 is 0 Å². The molecule has 21 heavy (non-hydrogen) atoms. The Morgan fingerprint density at radius 3 is 2.95 bits per heavy atom. The molecule has 2 aromatic rings. The lowest BCUT2D eigenvalue weighted by molar-refractivity contribution is 0.104. The average molecular weight is 284 g/mol. The van der Waals surface area contributed by atoms with Gasteiger partial charge in [-0.05, 0) is 44.2 Å². The van der Waals surface area contributed by atoms with Crippen molar-refractivity contribution in [3.05, 3.63) is 47.3 Å². The van der Waals surface area contributed by atoms with Crippen molar-refractivity contribution in [1.82, 2.24) is 9.78 Å². The fourth-order valence-electron chi connectivity index (χ4n) is 2.25. The number of hydrogen-bond donors (Lipinski definition) is 0. The summed E-state index contributed by atoms with van der Waals surface area (Å²) in [6.45, 7) is 5.04. The fraction of sp³-hybridized carbons (Fsp3) is 0.250. The highest BCUT2D eigenvalue weighted by Gasteiger charge is 2.15. The first-order valence-electron chi connectivity index (χ1n) is 6.83. The second-order valence-electron chi connectivity index (χ2n) is 4.77. The Morgan fingerprint density at radius 2 is 2.19 bits per heavy atom. The number of carbonyl (C=O) groups excluding carboxylic acids is 1. The van der Waals surface area contributed by atoms with Crippen molar-refractivity contribution in [3.63, 3.8) is 0 Å². The fourth-order valence-corrected chi connectivity index (χ4v) is 2.25. The smallest absolute Gasteiger partial charge is 0.231 e. The zero-order valence-electron chi connectivity index (χ0n) is 12.0. The maximum Gasteiger partial charge on any atom is 0.231 e. The topological polar surface area (TPSA) is 53.4 Å². The number of ether oxygens (including phenoxy) is 2. The summed E-state index contributed by atoms with van der Waals surface area (Å²) in [4.78, 5) is 12.2. The van der Waals surface area contributed by atoms with Crippen LogP contribution in [0.1, 0.15) is 28.5 Å². The highest BCUT2D eigenvalue weighted by Crippen LogP contribution is 2.32. The van der Waals surface area contributed by atoms with Gasteiger partial charge in [0, 0.05) is 23.4 Å². The highest BCUT2D eigenvalue weighted by molar-refractivity contribution is 6.07. The summed E-state index contributed by atoms with van der Waals surface area (Å²) in [5, 5.41) is 4.25. The SMILES string of the molecule is CCn1ncc(/C=C/C(=O)c2ccc3c(c2)OCO3)c1C. The molecule has 0 fully saturated rings. The number of aryl methyl sites for hydroxylation is 1. The number of rotatable bonds is 4. The predicted molar refractivity (Wildman–Crippen MR) is 78.6 cm³/mol. The molecule has 0 saturated heterocycles. The van der Waals surface area contributed by atoms with E-state index in [1.807, 2.05) is 18.5 Å². The minimum Gasteiger partial charge on any atom is -0.454 e. The van der Waals surface area contributed by atoms with Crippen LogP contribution in [-0.4, -0.2) is 22.4 Å². The Balaban J connectivity index is 1.79. The number of ketones is 1. The molecule has 1 aliphatic heterocycles. The third-order valence-corrected chi connectivity index (χ3v) is 3.51. The van der Waals surface area contributed by atoms with E-state index in [1.54, 1.807) is 36.5 Å². The molecule has 5 nitrogen and oxygen atoms in total. The zero-order valence-corrected chi connectivity index (χ0v) is 12.0. The van der Waals surface area contributed by atoms with Crippen molar-refractivity contribution >= 4 is 11.9 Å². The minimum atomic E-state index is -0.0723. The first kappa shape index (κ1) is 13.4. The van der Waals surface area contributed by atoms with Crippen molar-refractivity contribution < 1.29 is 14.3 Å². The molecule has 0 unspecified atom stereocenters. The summed E-state index contributed by atoms with van der Waals surface area (Å²) >= 11 is 0. The van der Waals surface area contributed by atoms with E-state index in [9.17, 15) is 4.79 Å². The van der Waals surface area contributed by atoms with Crippen LogP contribution < -0.4 is 9.47 Å². The van der Waals surface area contributed by atoms with Crippen LogP contribution in [0.25, 0.3) is 6.08 Å². The van der Waals surface area contributed by atoms with Gasteiger partial charge in [0.2, 0.25) is 6.79 Å². The number of fused-ring (bicyclic) bond motifs is 1. The lowest BCUT2D eigenvalue weighted by Crippen LogP contribution is -1.98. The van der Waals surface area contributed by atoms with Crippen LogP contribution in [0.4, 0.5) is 0 Å². The Morgan fingerprint density at radius 1 is 1.38 bits per heavy atom. The summed E-state index contributed by atoms with van der Waals surface area (Å²) in [7, 11) is 0. The number of allylic oxidation sites excluding steroid dienone is 1. The molecule has 5 heteroatoms. The zero-order chi connectivity index (χ0) is 14.8. The van der Waals surface area contributed by atoms with Crippen LogP contribution in [0.5, 0.6) is 11.5 Å². The molecule has 108 valence electrons. The van der Waals surface area contributed by atoms with Crippen LogP contribution in [0.2, 0.25) is 0 Å². The van der Waals surface area contributed by atoms with Gasteiger partial charge in [-0.2, -0.15) is 5.10 Å². The first-order valence-corrected chi connectivity index (χ1v) is 6.83. The van der Waals surface area contributed by atoms with Crippen molar-refractivity contribution in [3.8, 4) is 11.5 Å². The normalized spacial score (nSPS) is 13.0. The Labute approximate surface area is 122 Å². The molecule has 3 rings (SSSR count). The monoisotopic (exact) mass is 284 g/mol. The molecule has 0 atom stereocenters. The molecule has 1 aromatic heterocycles. The molecule has 0 spiro atoms. The van der Waals surface area contributed by atoms with Gasteiger partial charge < -0.3 is 9.47 Å². The van der Waals surface area contributed by atoms with Crippen LogP contribution in [0, 0.1) is 6.92 Å². The largest absolute Gasteiger partial charge is 0.454 e. The van der Waals surface area contributed by atoms with Crippen LogP contribution in [0.3, 0.4) is 0 Å². The molecule has 0 N–H and O–H groups in total. The third-order valence-electron chi connectivity index (χ3n) is 3.51. The summed E-state index contributed by atoms with van der Waals surface area (Å²) in [5.74, 6) is 1.22. The first-order chi connectivity index (χ1) is 10.2. The van der Waals surface area contributed by atoms with Gasteiger partial charge in [-0.25, -0.2) is 0 Å². The molecular formula is C16H16N2O3. The molecule has 2 heterocycles. The van der Waals surface area contributed by atoms with E-state index in [4.69, 9.17) is 9.47 Å². The lowest BCUT2D eigenvalue weighted by Gasteiger charge is -2.00. The standard InChI is InChI=1S/C16H16N2O3/c1-3-18-11(2)13(9-17-18)4-6-14(19)12-5-7-15-16(8-12)21-10-20-15/h4-9H,3,10H2,1-2H3/b6-4+. The predicted octanol–water partition coefficient (Wildman–Crippen LogP) is 2.84. The second kappa shape index (κ2) is 5.44. The van der Waals surface area contributed by atoms with Crippen LogP contribution >= 0.6 is 0 Å². The number of carbonyl (C=O) groups is 1. The number of benzene rings is 1. The van der Waals surface area contributed by atoms with Crippen LogP contribution in [-0.2, 0) is 6.54 Å². The van der Waals surface area contributed by atoms with Crippen molar-refractivity contribution in [2.75, 3.05) is 6.79 Å². The van der Waals surface area contributed by atoms with E-state index in [1.165, 1.54) is 0 Å². The van der Waals surface area contributed by atoms with Gasteiger partial charge in [0.15, 0.2) is 17.3 Å². The minimum absolute atomic E-state index is 0.0723. The Kier molecular flexibility index (Phi) is 3.48. The molecule has 0 saturated carbocycles. The molecule has 0 aliphatic carbocycles. The van der Waals surface area contributed by atoms with Gasteiger partial charge in [0.25, 0.3) is 0 Å². The van der Waals surface area contributed by atoms with Gasteiger partial charge in [-0.15, -0.1) is 0 Å².